The van der Waals surface area contributed by atoms with Crippen LogP contribution in [0.2, 0.25) is 0 Å². The molecular formula is C32H37N3O8. The molecule has 228 valence electrons. The number of ether oxygens (including phenoxy) is 5. The quantitative estimate of drug-likeness (QED) is 0.356. The predicted octanol–water partition coefficient (Wildman–Crippen LogP) is 3.11. The highest BCUT2D eigenvalue weighted by Gasteiger charge is 2.33. The van der Waals surface area contributed by atoms with E-state index in [2.05, 4.69) is 4.90 Å². The molecule has 1 N–H and O–H groups in total. The Hall–Kier alpha value is -3.90. The third kappa shape index (κ3) is 6.54. The van der Waals surface area contributed by atoms with Crippen molar-refractivity contribution in [3.05, 3.63) is 71.6 Å². The zero-order valence-electron chi connectivity index (χ0n) is 24.3. The van der Waals surface area contributed by atoms with Crippen LogP contribution < -0.4 is 9.47 Å². The Labute approximate surface area is 250 Å². The van der Waals surface area contributed by atoms with E-state index < -0.39 is 6.29 Å². The molecule has 3 aromatic rings. The normalized spacial score (nSPS) is 20.2. The van der Waals surface area contributed by atoms with Crippen LogP contribution in [0.25, 0.3) is 10.9 Å². The fourth-order valence-corrected chi connectivity index (χ4v) is 5.86. The average molecular weight is 592 g/mol. The van der Waals surface area contributed by atoms with E-state index in [1.807, 2.05) is 59.6 Å². The summed E-state index contributed by atoms with van der Waals surface area (Å²) < 4.78 is 30.0. The Bertz CT molecular complexity index is 1490. The van der Waals surface area contributed by atoms with E-state index in [-0.39, 0.29) is 50.1 Å². The minimum absolute atomic E-state index is 0.0619. The van der Waals surface area contributed by atoms with Gasteiger partial charge in [0.25, 0.3) is 5.91 Å². The van der Waals surface area contributed by atoms with E-state index in [1.165, 1.54) is 6.92 Å². The summed E-state index contributed by atoms with van der Waals surface area (Å²) in [6, 6.07) is 13.8. The number of piperazine rings is 1. The maximum Gasteiger partial charge on any atom is 0.288 e. The standard InChI is InChI=1S/C32H37N3O8/c1-22(37)35-20-26(25-4-2-3-5-27(25)35)24-17-30(43-31(18-24)40-15-14-39-13-12-36)32(38)34-10-8-33(9-11-34)19-23-6-7-28-29(16-23)42-21-41-28/h2-7,16-17,20,24,31,36H,8-15,18-19,21H2,1H3/t24-,31+/m1/s1. The van der Waals surface area contributed by atoms with Gasteiger partial charge in [-0.15, -0.1) is 0 Å². The van der Waals surface area contributed by atoms with Gasteiger partial charge in [0.05, 0.1) is 31.9 Å². The molecule has 1 saturated heterocycles. The monoisotopic (exact) mass is 591 g/mol. The summed E-state index contributed by atoms with van der Waals surface area (Å²) in [5.41, 5.74) is 2.90. The number of aliphatic hydroxyl groups excluding tert-OH is 1. The SMILES string of the molecule is CC(=O)n1cc([C@@H]2C=C(C(=O)N3CCN(Cc4ccc5c(c4)OCO5)CC3)O[C@H](OCCOCCO)C2)c2ccccc21. The highest BCUT2D eigenvalue weighted by Crippen LogP contribution is 2.37. The maximum absolute atomic E-state index is 13.8. The van der Waals surface area contributed by atoms with E-state index in [4.69, 9.17) is 28.8 Å². The van der Waals surface area contributed by atoms with Gasteiger partial charge in [0, 0.05) is 63.6 Å². The van der Waals surface area contributed by atoms with Crippen molar-refractivity contribution in [1.29, 1.82) is 0 Å². The lowest BCUT2D eigenvalue weighted by atomic mass is 9.92. The number of para-hydroxylation sites is 1. The molecule has 0 unspecified atom stereocenters. The van der Waals surface area contributed by atoms with E-state index in [0.717, 1.165) is 53.2 Å². The number of aliphatic hydroxyl groups is 1. The number of amides is 1. The molecule has 0 saturated carbocycles. The molecule has 0 aliphatic carbocycles. The van der Waals surface area contributed by atoms with Crippen molar-refractivity contribution in [3.63, 3.8) is 0 Å². The first-order chi connectivity index (χ1) is 21.0. The molecule has 3 aliphatic rings. The van der Waals surface area contributed by atoms with Crippen molar-refractivity contribution in [2.24, 2.45) is 0 Å². The molecule has 1 aromatic heterocycles. The van der Waals surface area contributed by atoms with Gasteiger partial charge in [-0.2, -0.15) is 0 Å². The van der Waals surface area contributed by atoms with Gasteiger partial charge in [-0.3, -0.25) is 19.1 Å². The van der Waals surface area contributed by atoms with Gasteiger partial charge < -0.3 is 33.7 Å². The number of hydrogen-bond donors (Lipinski definition) is 1. The maximum atomic E-state index is 13.8. The summed E-state index contributed by atoms with van der Waals surface area (Å²) in [4.78, 5) is 30.3. The molecule has 43 heavy (non-hydrogen) atoms. The van der Waals surface area contributed by atoms with Crippen LogP contribution in [-0.2, 0) is 25.5 Å². The van der Waals surface area contributed by atoms with E-state index in [9.17, 15) is 9.59 Å². The van der Waals surface area contributed by atoms with Crippen LogP contribution in [-0.4, -0.2) is 97.0 Å². The number of nitrogens with zero attached hydrogens (tertiary/aromatic N) is 3. The fourth-order valence-electron chi connectivity index (χ4n) is 5.86. The zero-order chi connectivity index (χ0) is 29.8. The fraction of sp³-hybridized carbons (Fsp3) is 0.438. The van der Waals surface area contributed by atoms with Crippen LogP contribution in [0, 0.1) is 0 Å². The third-order valence-corrected chi connectivity index (χ3v) is 8.02. The molecule has 1 amide bonds. The molecule has 4 heterocycles. The Morgan fingerprint density at radius 3 is 2.63 bits per heavy atom. The second-order valence-electron chi connectivity index (χ2n) is 10.9. The van der Waals surface area contributed by atoms with Crippen molar-refractivity contribution < 1.29 is 38.4 Å². The van der Waals surface area contributed by atoms with Gasteiger partial charge in [-0.1, -0.05) is 24.3 Å². The minimum atomic E-state index is -0.668. The molecule has 6 rings (SSSR count). The molecule has 3 aliphatic heterocycles. The Balaban J connectivity index is 1.16. The Kier molecular flexibility index (Phi) is 8.94. The van der Waals surface area contributed by atoms with Crippen molar-refractivity contribution in [2.45, 2.75) is 32.1 Å². The van der Waals surface area contributed by atoms with Crippen molar-refractivity contribution in [2.75, 3.05) is 59.4 Å². The lowest BCUT2D eigenvalue weighted by Gasteiger charge is -2.36. The molecule has 11 heteroatoms. The summed E-state index contributed by atoms with van der Waals surface area (Å²) in [5, 5.41) is 9.92. The van der Waals surface area contributed by atoms with Crippen LogP contribution in [0.15, 0.2) is 60.5 Å². The number of rotatable bonds is 10. The van der Waals surface area contributed by atoms with Gasteiger partial charge in [-0.05, 0) is 35.4 Å². The highest BCUT2D eigenvalue weighted by atomic mass is 16.7. The van der Waals surface area contributed by atoms with Gasteiger partial charge in [-0.25, -0.2) is 0 Å². The third-order valence-electron chi connectivity index (χ3n) is 8.02. The van der Waals surface area contributed by atoms with Gasteiger partial charge in [0.1, 0.15) is 0 Å². The molecule has 2 atom stereocenters. The van der Waals surface area contributed by atoms with Gasteiger partial charge in [0.15, 0.2) is 17.3 Å². The van der Waals surface area contributed by atoms with Crippen LogP contribution in [0.4, 0.5) is 0 Å². The van der Waals surface area contributed by atoms with Crippen LogP contribution in [0.1, 0.15) is 35.2 Å². The second-order valence-corrected chi connectivity index (χ2v) is 10.9. The molecular weight excluding hydrogens is 554 g/mol. The average Bonchev–Trinajstić information content (AvgIpc) is 3.66. The smallest absolute Gasteiger partial charge is 0.288 e. The van der Waals surface area contributed by atoms with E-state index in [1.54, 1.807) is 4.57 Å². The number of hydrogen-bond acceptors (Lipinski definition) is 9. The van der Waals surface area contributed by atoms with Gasteiger partial charge in [0.2, 0.25) is 19.0 Å². The van der Waals surface area contributed by atoms with Crippen LogP contribution >= 0.6 is 0 Å². The number of carbonyl (C=O) groups excluding carboxylic acids is 2. The Morgan fingerprint density at radius 1 is 1.00 bits per heavy atom. The van der Waals surface area contributed by atoms with E-state index >= 15 is 0 Å². The molecule has 0 radical (unpaired) electrons. The van der Waals surface area contributed by atoms with E-state index in [0.29, 0.717) is 26.1 Å². The largest absolute Gasteiger partial charge is 0.459 e. The molecule has 11 nitrogen and oxygen atoms in total. The summed E-state index contributed by atoms with van der Waals surface area (Å²) in [6.45, 7) is 5.86. The Morgan fingerprint density at radius 2 is 1.81 bits per heavy atom. The minimum Gasteiger partial charge on any atom is -0.459 e. The molecule has 0 bridgehead atoms. The van der Waals surface area contributed by atoms with Crippen molar-refractivity contribution >= 4 is 22.7 Å². The topological polar surface area (TPSA) is 112 Å². The summed E-state index contributed by atoms with van der Waals surface area (Å²) in [5.74, 6) is 1.33. The first kappa shape index (κ1) is 29.2. The second kappa shape index (κ2) is 13.2. The highest BCUT2D eigenvalue weighted by molar-refractivity contribution is 5.95. The van der Waals surface area contributed by atoms with Crippen molar-refractivity contribution in [3.8, 4) is 11.5 Å². The molecule has 2 aromatic carbocycles. The van der Waals surface area contributed by atoms with Gasteiger partial charge >= 0.3 is 0 Å². The molecule has 0 spiro atoms. The van der Waals surface area contributed by atoms with Crippen LogP contribution in [0.5, 0.6) is 11.5 Å². The summed E-state index contributed by atoms with van der Waals surface area (Å²) in [6.07, 6.45) is 3.54. The summed E-state index contributed by atoms with van der Waals surface area (Å²) >= 11 is 0. The molecule has 1 fully saturated rings. The predicted molar refractivity (Wildman–Crippen MR) is 157 cm³/mol. The number of aromatic nitrogens is 1. The lowest BCUT2D eigenvalue weighted by molar-refractivity contribution is -0.157. The van der Waals surface area contributed by atoms with Crippen molar-refractivity contribution in [1.82, 2.24) is 14.4 Å². The number of allylic oxidation sites excluding steroid dienone is 1. The zero-order valence-corrected chi connectivity index (χ0v) is 24.3. The lowest BCUT2D eigenvalue weighted by Crippen LogP contribution is -2.49. The van der Waals surface area contributed by atoms with Crippen LogP contribution in [0.3, 0.4) is 0 Å². The number of benzene rings is 2. The summed E-state index contributed by atoms with van der Waals surface area (Å²) in [7, 11) is 0. The first-order valence-corrected chi connectivity index (χ1v) is 14.7. The number of carbonyl (C=O) groups is 2. The number of fused-ring (bicyclic) bond motifs is 2. The first-order valence-electron chi connectivity index (χ1n) is 14.7.